The van der Waals surface area contributed by atoms with Crippen LogP contribution in [0.2, 0.25) is 0 Å². The van der Waals surface area contributed by atoms with E-state index in [2.05, 4.69) is 10.2 Å². The molecule has 28 heavy (non-hydrogen) atoms. The minimum absolute atomic E-state index is 0.00227. The summed E-state index contributed by atoms with van der Waals surface area (Å²) in [7, 11) is 0. The highest BCUT2D eigenvalue weighted by molar-refractivity contribution is 5.89. The summed E-state index contributed by atoms with van der Waals surface area (Å²) in [4.78, 5) is 17.3. The molecule has 3 heterocycles. The SMILES string of the molecule is O=C(Nc1cccc(COCc2ccco2)c1)N1CCC[C@H](N2CCCC2)C1. The Balaban J connectivity index is 1.28. The van der Waals surface area contributed by atoms with Gasteiger partial charge in [-0.1, -0.05) is 12.1 Å². The number of nitrogens with zero attached hydrogens (tertiary/aromatic N) is 2. The molecule has 6 heteroatoms. The molecule has 0 bridgehead atoms. The molecule has 2 saturated heterocycles. The minimum Gasteiger partial charge on any atom is -0.467 e. The molecule has 1 aromatic carbocycles. The lowest BCUT2D eigenvalue weighted by Gasteiger charge is -2.37. The molecule has 2 fully saturated rings. The largest absolute Gasteiger partial charge is 0.467 e. The zero-order valence-corrected chi connectivity index (χ0v) is 16.3. The van der Waals surface area contributed by atoms with E-state index in [9.17, 15) is 4.79 Å². The molecule has 2 amide bonds. The molecule has 2 aliphatic heterocycles. The van der Waals surface area contributed by atoms with Gasteiger partial charge in [0.2, 0.25) is 0 Å². The van der Waals surface area contributed by atoms with Crippen molar-refractivity contribution < 1.29 is 13.9 Å². The van der Waals surface area contributed by atoms with Gasteiger partial charge in [0.15, 0.2) is 0 Å². The molecule has 2 aliphatic rings. The van der Waals surface area contributed by atoms with Gasteiger partial charge < -0.3 is 19.4 Å². The number of hydrogen-bond donors (Lipinski definition) is 1. The van der Waals surface area contributed by atoms with Crippen molar-refractivity contribution in [2.45, 2.75) is 44.9 Å². The van der Waals surface area contributed by atoms with E-state index in [-0.39, 0.29) is 6.03 Å². The van der Waals surface area contributed by atoms with Crippen LogP contribution in [0.15, 0.2) is 47.1 Å². The topological polar surface area (TPSA) is 58.0 Å². The molecule has 150 valence electrons. The maximum atomic E-state index is 12.8. The Hall–Kier alpha value is -2.31. The molecule has 4 rings (SSSR count). The Morgan fingerprint density at radius 1 is 1.11 bits per heavy atom. The van der Waals surface area contributed by atoms with Gasteiger partial charge in [0, 0.05) is 24.8 Å². The second kappa shape index (κ2) is 9.26. The standard InChI is InChI=1S/C22H29N3O3/c26-22(25-12-4-8-20(15-25)24-10-1-2-11-24)23-19-7-3-6-18(14-19)16-27-17-21-9-5-13-28-21/h3,5-7,9,13-14,20H,1-2,4,8,10-12,15-17H2,(H,23,26)/t20-/m0/s1. The molecule has 1 N–H and O–H groups in total. The number of piperidine rings is 1. The first-order valence-electron chi connectivity index (χ1n) is 10.3. The number of urea groups is 1. The van der Waals surface area contributed by atoms with Crippen molar-refractivity contribution in [1.82, 2.24) is 9.80 Å². The average Bonchev–Trinajstić information content (AvgIpc) is 3.43. The number of amides is 2. The van der Waals surface area contributed by atoms with Crippen LogP contribution in [-0.2, 0) is 18.0 Å². The van der Waals surface area contributed by atoms with E-state index in [1.54, 1.807) is 6.26 Å². The van der Waals surface area contributed by atoms with Gasteiger partial charge in [0.05, 0.1) is 12.9 Å². The number of ether oxygens (including phenoxy) is 1. The summed E-state index contributed by atoms with van der Waals surface area (Å²) in [5.41, 5.74) is 1.84. The third-order valence-corrected chi connectivity index (χ3v) is 5.61. The maximum Gasteiger partial charge on any atom is 0.321 e. The van der Waals surface area contributed by atoms with Gasteiger partial charge in [-0.05, 0) is 68.6 Å². The van der Waals surface area contributed by atoms with Crippen LogP contribution in [0.1, 0.15) is 37.0 Å². The Labute approximate surface area is 166 Å². The molecule has 2 aromatic rings. The first kappa shape index (κ1) is 19.0. The van der Waals surface area contributed by atoms with Crippen LogP contribution in [0.5, 0.6) is 0 Å². The van der Waals surface area contributed by atoms with Gasteiger partial charge in [-0.15, -0.1) is 0 Å². The number of likely N-dealkylation sites (tertiary alicyclic amines) is 2. The number of hydrogen-bond acceptors (Lipinski definition) is 4. The van der Waals surface area contributed by atoms with Crippen molar-refractivity contribution >= 4 is 11.7 Å². The molecular weight excluding hydrogens is 354 g/mol. The Kier molecular flexibility index (Phi) is 6.29. The lowest BCUT2D eigenvalue weighted by Crippen LogP contribution is -2.50. The van der Waals surface area contributed by atoms with Crippen molar-refractivity contribution in [1.29, 1.82) is 0 Å². The Bertz CT molecular complexity index is 756. The Morgan fingerprint density at radius 2 is 2.00 bits per heavy atom. The highest BCUT2D eigenvalue weighted by Crippen LogP contribution is 2.21. The van der Waals surface area contributed by atoms with E-state index in [1.807, 2.05) is 41.3 Å². The quantitative estimate of drug-likeness (QED) is 0.816. The van der Waals surface area contributed by atoms with Crippen molar-refractivity contribution in [2.24, 2.45) is 0 Å². The van der Waals surface area contributed by atoms with Gasteiger partial charge in [-0.2, -0.15) is 0 Å². The summed E-state index contributed by atoms with van der Waals surface area (Å²) in [6.07, 6.45) is 6.50. The number of nitrogens with one attached hydrogen (secondary N) is 1. The summed E-state index contributed by atoms with van der Waals surface area (Å²) < 4.78 is 11.0. The molecule has 0 saturated carbocycles. The molecule has 0 aliphatic carbocycles. The van der Waals surface area contributed by atoms with Crippen LogP contribution >= 0.6 is 0 Å². The van der Waals surface area contributed by atoms with Crippen molar-refractivity contribution in [3.05, 3.63) is 54.0 Å². The number of rotatable bonds is 6. The van der Waals surface area contributed by atoms with Crippen LogP contribution in [0, 0.1) is 0 Å². The summed E-state index contributed by atoms with van der Waals surface area (Å²) in [6.45, 7) is 4.95. The summed E-state index contributed by atoms with van der Waals surface area (Å²) in [5, 5.41) is 3.06. The molecule has 0 unspecified atom stereocenters. The molecule has 1 atom stereocenters. The van der Waals surface area contributed by atoms with Gasteiger partial charge in [0.1, 0.15) is 12.4 Å². The summed E-state index contributed by atoms with van der Waals surface area (Å²) in [5.74, 6) is 0.808. The second-order valence-corrected chi connectivity index (χ2v) is 7.69. The van der Waals surface area contributed by atoms with Crippen LogP contribution in [-0.4, -0.2) is 48.1 Å². The smallest absolute Gasteiger partial charge is 0.321 e. The van der Waals surface area contributed by atoms with Crippen molar-refractivity contribution in [2.75, 3.05) is 31.5 Å². The van der Waals surface area contributed by atoms with E-state index in [1.165, 1.54) is 32.4 Å². The zero-order chi connectivity index (χ0) is 19.2. The van der Waals surface area contributed by atoms with E-state index in [4.69, 9.17) is 9.15 Å². The first-order chi connectivity index (χ1) is 13.8. The Morgan fingerprint density at radius 3 is 2.82 bits per heavy atom. The molecular formula is C22H29N3O3. The number of furan rings is 1. The predicted molar refractivity (Wildman–Crippen MR) is 108 cm³/mol. The first-order valence-corrected chi connectivity index (χ1v) is 10.3. The van der Waals surface area contributed by atoms with E-state index >= 15 is 0 Å². The molecule has 6 nitrogen and oxygen atoms in total. The fourth-order valence-corrected chi connectivity index (χ4v) is 4.15. The number of anilines is 1. The van der Waals surface area contributed by atoms with Crippen molar-refractivity contribution in [3.8, 4) is 0 Å². The minimum atomic E-state index is -0.00227. The van der Waals surface area contributed by atoms with Gasteiger partial charge in [-0.25, -0.2) is 4.79 Å². The fourth-order valence-electron chi connectivity index (χ4n) is 4.15. The number of benzene rings is 1. The third-order valence-electron chi connectivity index (χ3n) is 5.61. The van der Waals surface area contributed by atoms with Crippen LogP contribution in [0.3, 0.4) is 0 Å². The maximum absolute atomic E-state index is 12.8. The highest BCUT2D eigenvalue weighted by Gasteiger charge is 2.29. The van der Waals surface area contributed by atoms with Gasteiger partial charge in [-0.3, -0.25) is 4.90 Å². The monoisotopic (exact) mass is 383 g/mol. The molecule has 1 aromatic heterocycles. The van der Waals surface area contributed by atoms with Crippen LogP contribution in [0.25, 0.3) is 0 Å². The van der Waals surface area contributed by atoms with Crippen LogP contribution < -0.4 is 5.32 Å². The summed E-state index contributed by atoms with van der Waals surface area (Å²) in [6, 6.07) is 12.1. The zero-order valence-electron chi connectivity index (χ0n) is 16.3. The van der Waals surface area contributed by atoms with E-state index in [0.29, 0.717) is 19.3 Å². The predicted octanol–water partition coefficient (Wildman–Crippen LogP) is 4.09. The third kappa shape index (κ3) is 4.94. The van der Waals surface area contributed by atoms with Gasteiger partial charge >= 0.3 is 6.03 Å². The van der Waals surface area contributed by atoms with E-state index in [0.717, 1.165) is 36.5 Å². The summed E-state index contributed by atoms with van der Waals surface area (Å²) >= 11 is 0. The average molecular weight is 383 g/mol. The molecule has 0 spiro atoms. The van der Waals surface area contributed by atoms with E-state index < -0.39 is 0 Å². The normalized spacial score (nSPS) is 20.4. The number of carbonyl (C=O) groups is 1. The fraction of sp³-hybridized carbons (Fsp3) is 0.500. The number of carbonyl (C=O) groups excluding carboxylic acids is 1. The van der Waals surface area contributed by atoms with Crippen LogP contribution in [0.4, 0.5) is 10.5 Å². The van der Waals surface area contributed by atoms with Crippen molar-refractivity contribution in [3.63, 3.8) is 0 Å². The molecule has 0 radical (unpaired) electrons. The van der Waals surface area contributed by atoms with Gasteiger partial charge in [0.25, 0.3) is 0 Å². The second-order valence-electron chi connectivity index (χ2n) is 7.69. The lowest BCUT2D eigenvalue weighted by atomic mass is 10.0. The highest BCUT2D eigenvalue weighted by atomic mass is 16.5. The lowest BCUT2D eigenvalue weighted by molar-refractivity contribution is 0.0930.